The molecule has 0 atom stereocenters. The number of benzene rings is 1. The van der Waals surface area contributed by atoms with Gasteiger partial charge >= 0.3 is 0 Å². The second-order valence-corrected chi connectivity index (χ2v) is 6.48. The van der Waals surface area contributed by atoms with Crippen LogP contribution in [0.1, 0.15) is 38.7 Å². The summed E-state index contributed by atoms with van der Waals surface area (Å²) in [5.74, 6) is 0.467. The molecule has 4 heteroatoms. The summed E-state index contributed by atoms with van der Waals surface area (Å²) in [6, 6.07) is 4.32. The Morgan fingerprint density at radius 3 is 2.63 bits per heavy atom. The van der Waals surface area contributed by atoms with Gasteiger partial charge in [0.25, 0.3) is 0 Å². The Hall–Kier alpha value is -0.610. The van der Waals surface area contributed by atoms with E-state index in [1.165, 1.54) is 12.8 Å². The maximum atomic E-state index is 14.5. The Morgan fingerprint density at radius 2 is 2.11 bits per heavy atom. The van der Waals surface area contributed by atoms with Gasteiger partial charge in [-0.1, -0.05) is 19.9 Å². The molecule has 0 unspecified atom stereocenters. The van der Waals surface area contributed by atoms with Crippen molar-refractivity contribution in [1.29, 1.82) is 0 Å². The van der Waals surface area contributed by atoms with E-state index in [-0.39, 0.29) is 5.82 Å². The van der Waals surface area contributed by atoms with Crippen LogP contribution in [0.15, 0.2) is 16.6 Å². The van der Waals surface area contributed by atoms with E-state index in [4.69, 9.17) is 5.73 Å². The van der Waals surface area contributed by atoms with E-state index in [2.05, 4.69) is 34.7 Å². The van der Waals surface area contributed by atoms with Crippen LogP contribution in [-0.4, -0.2) is 12.6 Å². The normalized spacial score (nSPS) is 15.1. The Balaban J connectivity index is 2.24. The number of hydrogen-bond acceptors (Lipinski definition) is 2. The van der Waals surface area contributed by atoms with E-state index in [1.807, 2.05) is 12.1 Å². The van der Waals surface area contributed by atoms with Crippen LogP contribution in [0.5, 0.6) is 0 Å². The molecule has 2 rings (SSSR count). The standard InChI is InChI=1S/C15H22BrFN2/c1-10(2)7-8-19(12-4-5-12)13-6-3-11(9-18)14(16)15(13)17/h3,6,10,12H,4-5,7-9,18H2,1-2H3. The number of anilines is 1. The number of rotatable bonds is 6. The maximum absolute atomic E-state index is 14.5. The molecule has 1 aromatic carbocycles. The fourth-order valence-electron chi connectivity index (χ4n) is 2.24. The van der Waals surface area contributed by atoms with Crippen LogP contribution in [0.25, 0.3) is 0 Å². The first-order valence-electron chi connectivity index (χ1n) is 6.98. The Morgan fingerprint density at radius 1 is 1.42 bits per heavy atom. The van der Waals surface area contributed by atoms with Crippen LogP contribution in [0.3, 0.4) is 0 Å². The lowest BCUT2D eigenvalue weighted by Gasteiger charge is -2.27. The molecule has 0 bridgehead atoms. The van der Waals surface area contributed by atoms with Crippen molar-refractivity contribution < 1.29 is 4.39 Å². The van der Waals surface area contributed by atoms with Gasteiger partial charge in [0, 0.05) is 19.1 Å². The third kappa shape index (κ3) is 3.48. The second-order valence-electron chi connectivity index (χ2n) is 5.68. The minimum Gasteiger partial charge on any atom is -0.366 e. The summed E-state index contributed by atoms with van der Waals surface area (Å²) in [6.07, 6.45) is 3.44. The molecule has 1 aliphatic carbocycles. The zero-order valence-corrected chi connectivity index (χ0v) is 13.2. The lowest BCUT2D eigenvalue weighted by Crippen LogP contribution is -2.28. The summed E-state index contributed by atoms with van der Waals surface area (Å²) in [7, 11) is 0. The minimum atomic E-state index is -0.168. The average Bonchev–Trinajstić information content (AvgIpc) is 3.19. The third-order valence-electron chi connectivity index (χ3n) is 3.61. The second kappa shape index (κ2) is 6.23. The molecule has 0 amide bonds. The fourth-order valence-corrected chi connectivity index (χ4v) is 2.74. The fraction of sp³-hybridized carbons (Fsp3) is 0.600. The zero-order chi connectivity index (χ0) is 14.0. The quantitative estimate of drug-likeness (QED) is 0.853. The average molecular weight is 329 g/mol. The molecule has 0 radical (unpaired) electrons. The first-order valence-corrected chi connectivity index (χ1v) is 7.77. The van der Waals surface area contributed by atoms with E-state index >= 15 is 0 Å². The highest BCUT2D eigenvalue weighted by Gasteiger charge is 2.31. The molecular weight excluding hydrogens is 307 g/mol. The largest absolute Gasteiger partial charge is 0.366 e. The van der Waals surface area contributed by atoms with Crippen LogP contribution < -0.4 is 10.6 Å². The number of hydrogen-bond donors (Lipinski definition) is 1. The van der Waals surface area contributed by atoms with Crippen molar-refractivity contribution in [3.05, 3.63) is 28.0 Å². The molecule has 0 spiro atoms. The first kappa shape index (κ1) is 14.8. The van der Waals surface area contributed by atoms with Crippen LogP contribution in [0, 0.1) is 11.7 Å². The van der Waals surface area contributed by atoms with Gasteiger partial charge in [0.05, 0.1) is 10.2 Å². The SMILES string of the molecule is CC(C)CCN(c1ccc(CN)c(Br)c1F)C1CC1. The van der Waals surface area contributed by atoms with E-state index < -0.39 is 0 Å². The van der Waals surface area contributed by atoms with Gasteiger partial charge in [0.15, 0.2) is 5.82 Å². The molecule has 1 aliphatic rings. The highest BCUT2D eigenvalue weighted by Crippen LogP contribution is 2.36. The summed E-state index contributed by atoms with van der Waals surface area (Å²) >= 11 is 3.33. The van der Waals surface area contributed by atoms with Crippen molar-refractivity contribution in [3.63, 3.8) is 0 Å². The molecule has 0 aromatic heterocycles. The molecule has 0 aliphatic heterocycles. The zero-order valence-electron chi connectivity index (χ0n) is 11.6. The molecule has 2 nitrogen and oxygen atoms in total. The Labute approximate surface area is 123 Å². The number of nitrogens with two attached hydrogens (primary N) is 1. The van der Waals surface area contributed by atoms with Gasteiger partial charge in [0.2, 0.25) is 0 Å². The highest BCUT2D eigenvalue weighted by atomic mass is 79.9. The summed E-state index contributed by atoms with van der Waals surface area (Å²) in [6.45, 7) is 5.69. The number of nitrogens with zero attached hydrogens (tertiary/aromatic N) is 1. The molecule has 0 heterocycles. The van der Waals surface area contributed by atoms with Crippen LogP contribution >= 0.6 is 15.9 Å². The molecule has 0 saturated heterocycles. The van der Waals surface area contributed by atoms with E-state index in [1.54, 1.807) is 0 Å². The maximum Gasteiger partial charge on any atom is 0.160 e. The van der Waals surface area contributed by atoms with Crippen molar-refractivity contribution in [1.82, 2.24) is 0 Å². The monoisotopic (exact) mass is 328 g/mol. The van der Waals surface area contributed by atoms with Crippen LogP contribution in [0.4, 0.5) is 10.1 Å². The molecular formula is C15H22BrFN2. The summed E-state index contributed by atoms with van der Waals surface area (Å²) in [4.78, 5) is 2.22. The van der Waals surface area contributed by atoms with Gasteiger partial charge in [-0.25, -0.2) is 4.39 Å². The van der Waals surface area contributed by atoms with Crippen molar-refractivity contribution in [2.75, 3.05) is 11.4 Å². The smallest absolute Gasteiger partial charge is 0.160 e. The summed E-state index contributed by atoms with van der Waals surface area (Å²) in [5.41, 5.74) is 7.14. The Bertz CT molecular complexity index is 444. The summed E-state index contributed by atoms with van der Waals surface area (Å²) in [5, 5.41) is 0. The van der Waals surface area contributed by atoms with Crippen molar-refractivity contribution in [2.24, 2.45) is 11.7 Å². The van der Waals surface area contributed by atoms with Crippen molar-refractivity contribution >= 4 is 21.6 Å². The minimum absolute atomic E-state index is 0.168. The lowest BCUT2D eigenvalue weighted by molar-refractivity contribution is 0.557. The van der Waals surface area contributed by atoms with E-state index in [0.717, 1.165) is 18.5 Å². The van der Waals surface area contributed by atoms with Crippen molar-refractivity contribution in [2.45, 2.75) is 45.7 Å². The summed E-state index contributed by atoms with van der Waals surface area (Å²) < 4.78 is 15.0. The predicted octanol–water partition coefficient (Wildman–Crippen LogP) is 4.06. The third-order valence-corrected chi connectivity index (χ3v) is 4.46. The lowest BCUT2D eigenvalue weighted by atomic mass is 10.1. The molecule has 19 heavy (non-hydrogen) atoms. The number of halogens is 2. The van der Waals surface area contributed by atoms with Crippen LogP contribution in [0.2, 0.25) is 0 Å². The molecule has 1 aromatic rings. The Kier molecular flexibility index (Phi) is 4.85. The predicted molar refractivity (Wildman–Crippen MR) is 81.8 cm³/mol. The topological polar surface area (TPSA) is 29.3 Å². The van der Waals surface area contributed by atoms with Gasteiger partial charge in [0.1, 0.15) is 0 Å². The van der Waals surface area contributed by atoms with Gasteiger partial charge in [-0.05, 0) is 52.7 Å². The first-order chi connectivity index (χ1) is 9.04. The van der Waals surface area contributed by atoms with Gasteiger partial charge < -0.3 is 10.6 Å². The molecule has 2 N–H and O–H groups in total. The van der Waals surface area contributed by atoms with Gasteiger partial charge in [-0.15, -0.1) is 0 Å². The van der Waals surface area contributed by atoms with E-state index in [9.17, 15) is 4.39 Å². The highest BCUT2D eigenvalue weighted by molar-refractivity contribution is 9.10. The van der Waals surface area contributed by atoms with Crippen LogP contribution in [-0.2, 0) is 6.54 Å². The molecule has 1 fully saturated rings. The molecule has 106 valence electrons. The van der Waals surface area contributed by atoms with Gasteiger partial charge in [-0.2, -0.15) is 0 Å². The van der Waals surface area contributed by atoms with Gasteiger partial charge in [-0.3, -0.25) is 0 Å². The van der Waals surface area contributed by atoms with Crippen molar-refractivity contribution in [3.8, 4) is 0 Å². The molecule has 1 saturated carbocycles. The van der Waals surface area contributed by atoms with E-state index in [0.29, 0.717) is 28.7 Å².